The average molecular weight is 260 g/mol. The molecule has 1 saturated heterocycles. The van der Waals surface area contributed by atoms with Gasteiger partial charge in [-0.1, -0.05) is 11.6 Å². The van der Waals surface area contributed by atoms with E-state index in [1.54, 1.807) is 12.4 Å². The van der Waals surface area contributed by atoms with Crippen molar-refractivity contribution in [3.63, 3.8) is 0 Å². The Kier molecular flexibility index (Phi) is 4.46. The van der Waals surface area contributed by atoms with Crippen LogP contribution in [0, 0.1) is 0 Å². The van der Waals surface area contributed by atoms with Gasteiger partial charge in [0.15, 0.2) is 0 Å². The van der Waals surface area contributed by atoms with Crippen LogP contribution in [0.1, 0.15) is 5.56 Å². The molecule has 1 N–H and O–H groups in total. The summed E-state index contributed by atoms with van der Waals surface area (Å²) in [6.07, 6.45) is 3.23. The zero-order valence-corrected chi connectivity index (χ0v) is 10.4. The van der Waals surface area contributed by atoms with Crippen LogP contribution in [-0.4, -0.2) is 40.4 Å². The van der Waals surface area contributed by atoms with E-state index < -0.39 is 6.10 Å². The average Bonchev–Trinajstić information content (AvgIpc) is 2.33. The Bertz CT molecular complexity index is 345. The molecule has 2 heterocycles. The van der Waals surface area contributed by atoms with Crippen LogP contribution in [0.15, 0.2) is 18.5 Å². The molecule has 16 heavy (non-hydrogen) atoms. The molecule has 1 fully saturated rings. The van der Waals surface area contributed by atoms with Crippen LogP contribution in [-0.2, 0) is 11.2 Å². The van der Waals surface area contributed by atoms with Crippen LogP contribution in [0.2, 0.25) is 5.02 Å². The van der Waals surface area contributed by atoms with Crippen molar-refractivity contribution < 1.29 is 9.84 Å². The third kappa shape index (κ3) is 3.10. The number of halogens is 1. The smallest absolute Gasteiger partial charge is 0.0927 e. The lowest BCUT2D eigenvalue weighted by atomic mass is 10.1. The fourth-order valence-corrected chi connectivity index (χ4v) is 2.78. The molecule has 0 spiro atoms. The summed E-state index contributed by atoms with van der Waals surface area (Å²) in [6.45, 7) is 0.719. The second-order valence-corrected chi connectivity index (χ2v) is 5.28. The number of aliphatic hydroxyl groups is 1. The molecule has 0 radical (unpaired) electrons. The molecule has 2 unspecified atom stereocenters. The highest BCUT2D eigenvalue weighted by atomic mass is 35.5. The van der Waals surface area contributed by atoms with Gasteiger partial charge in [-0.3, -0.25) is 4.98 Å². The van der Waals surface area contributed by atoms with E-state index in [9.17, 15) is 5.11 Å². The first-order valence-electron chi connectivity index (χ1n) is 5.23. The molecule has 1 aliphatic heterocycles. The summed E-state index contributed by atoms with van der Waals surface area (Å²) < 4.78 is 5.52. The molecule has 1 aliphatic rings. The summed E-state index contributed by atoms with van der Waals surface area (Å²) >= 11 is 7.80. The van der Waals surface area contributed by atoms with Gasteiger partial charge in [0.2, 0.25) is 0 Å². The predicted octanol–water partition coefficient (Wildman–Crippen LogP) is 1.77. The van der Waals surface area contributed by atoms with Gasteiger partial charge in [-0.25, -0.2) is 0 Å². The van der Waals surface area contributed by atoms with Crippen molar-refractivity contribution in [1.82, 2.24) is 4.98 Å². The van der Waals surface area contributed by atoms with Gasteiger partial charge in [0, 0.05) is 30.3 Å². The Morgan fingerprint density at radius 1 is 1.69 bits per heavy atom. The maximum absolute atomic E-state index is 10.0. The summed E-state index contributed by atoms with van der Waals surface area (Å²) in [7, 11) is 0. The first-order valence-corrected chi connectivity index (χ1v) is 6.76. The lowest BCUT2D eigenvalue weighted by molar-refractivity contribution is -0.0207. The zero-order chi connectivity index (χ0) is 11.4. The summed E-state index contributed by atoms with van der Waals surface area (Å²) in [4.78, 5) is 3.92. The number of ether oxygens (including phenoxy) is 1. The largest absolute Gasteiger partial charge is 0.390 e. The van der Waals surface area contributed by atoms with Crippen LogP contribution in [0.5, 0.6) is 0 Å². The van der Waals surface area contributed by atoms with Gasteiger partial charge in [0.1, 0.15) is 0 Å². The van der Waals surface area contributed by atoms with Crippen LogP contribution in [0.4, 0.5) is 0 Å². The minimum atomic E-state index is -0.493. The number of nitrogens with zero attached hydrogens (tertiary/aromatic N) is 1. The van der Waals surface area contributed by atoms with Crippen molar-refractivity contribution in [3.8, 4) is 0 Å². The summed E-state index contributed by atoms with van der Waals surface area (Å²) in [5.74, 6) is 1.86. The molecule has 0 aromatic carbocycles. The molecule has 88 valence electrons. The number of thioether (sulfide) groups is 1. The van der Waals surface area contributed by atoms with Crippen LogP contribution >= 0.6 is 23.4 Å². The van der Waals surface area contributed by atoms with Crippen LogP contribution in [0.3, 0.4) is 0 Å². The monoisotopic (exact) mass is 259 g/mol. The first-order chi connectivity index (χ1) is 7.77. The Morgan fingerprint density at radius 2 is 2.56 bits per heavy atom. The highest BCUT2D eigenvalue weighted by Crippen LogP contribution is 2.21. The molecule has 2 rings (SSSR count). The quantitative estimate of drug-likeness (QED) is 0.899. The number of aliphatic hydroxyl groups excluding tert-OH is 1. The van der Waals surface area contributed by atoms with E-state index in [0.717, 1.165) is 23.7 Å². The SMILES string of the molecule is OC(Cc1ccncc1Cl)C1CSCCO1. The molecule has 0 saturated carbocycles. The van der Waals surface area contributed by atoms with E-state index in [2.05, 4.69) is 4.98 Å². The van der Waals surface area contributed by atoms with E-state index in [1.165, 1.54) is 0 Å². The standard InChI is InChI=1S/C11H14ClNO2S/c12-9-6-13-2-1-8(9)5-10(14)11-7-16-4-3-15-11/h1-2,6,10-11,14H,3-5,7H2. The molecular formula is C11H14ClNO2S. The fraction of sp³-hybridized carbons (Fsp3) is 0.545. The van der Waals surface area contributed by atoms with E-state index in [-0.39, 0.29) is 6.10 Å². The molecule has 0 amide bonds. The molecule has 1 aromatic heterocycles. The van der Waals surface area contributed by atoms with Crippen molar-refractivity contribution in [2.24, 2.45) is 0 Å². The van der Waals surface area contributed by atoms with Gasteiger partial charge in [-0.05, 0) is 11.6 Å². The van der Waals surface area contributed by atoms with E-state index in [0.29, 0.717) is 11.4 Å². The maximum atomic E-state index is 10.0. The van der Waals surface area contributed by atoms with Gasteiger partial charge < -0.3 is 9.84 Å². The predicted molar refractivity (Wildman–Crippen MR) is 66.0 cm³/mol. The Morgan fingerprint density at radius 3 is 3.25 bits per heavy atom. The minimum absolute atomic E-state index is 0.0806. The summed E-state index contributed by atoms with van der Waals surface area (Å²) in [5.41, 5.74) is 0.920. The number of hydrogen-bond donors (Lipinski definition) is 1. The summed E-state index contributed by atoms with van der Waals surface area (Å²) in [6, 6.07) is 1.83. The van der Waals surface area contributed by atoms with Gasteiger partial charge in [-0.2, -0.15) is 11.8 Å². The third-order valence-corrected chi connectivity index (χ3v) is 3.92. The van der Waals surface area contributed by atoms with Crippen molar-refractivity contribution in [2.75, 3.05) is 18.1 Å². The number of rotatable bonds is 3. The van der Waals surface area contributed by atoms with Crippen molar-refractivity contribution >= 4 is 23.4 Å². The molecule has 3 nitrogen and oxygen atoms in total. The fourth-order valence-electron chi connectivity index (χ4n) is 1.65. The Hall–Kier alpha value is -0.290. The number of pyridine rings is 1. The topological polar surface area (TPSA) is 42.4 Å². The lowest BCUT2D eigenvalue weighted by Crippen LogP contribution is -2.36. The molecule has 0 bridgehead atoms. The molecule has 5 heteroatoms. The molecule has 2 atom stereocenters. The summed E-state index contributed by atoms with van der Waals surface area (Å²) in [5, 5.41) is 10.6. The van der Waals surface area contributed by atoms with E-state index in [1.807, 2.05) is 17.8 Å². The van der Waals surface area contributed by atoms with Gasteiger partial charge in [0.05, 0.1) is 23.8 Å². The number of aromatic nitrogens is 1. The van der Waals surface area contributed by atoms with Crippen molar-refractivity contribution in [2.45, 2.75) is 18.6 Å². The van der Waals surface area contributed by atoms with Gasteiger partial charge >= 0.3 is 0 Å². The molecular weight excluding hydrogens is 246 g/mol. The van der Waals surface area contributed by atoms with Gasteiger partial charge in [0.25, 0.3) is 0 Å². The zero-order valence-electron chi connectivity index (χ0n) is 8.80. The first kappa shape index (κ1) is 12.2. The maximum Gasteiger partial charge on any atom is 0.0927 e. The normalized spacial score (nSPS) is 23.0. The highest BCUT2D eigenvalue weighted by molar-refractivity contribution is 7.99. The molecule has 0 aliphatic carbocycles. The van der Waals surface area contributed by atoms with E-state index in [4.69, 9.17) is 16.3 Å². The molecule has 1 aromatic rings. The van der Waals surface area contributed by atoms with Gasteiger partial charge in [-0.15, -0.1) is 0 Å². The number of hydrogen-bond acceptors (Lipinski definition) is 4. The Balaban J connectivity index is 1.96. The van der Waals surface area contributed by atoms with Crippen molar-refractivity contribution in [1.29, 1.82) is 0 Å². The van der Waals surface area contributed by atoms with Crippen LogP contribution < -0.4 is 0 Å². The minimum Gasteiger partial charge on any atom is -0.390 e. The lowest BCUT2D eigenvalue weighted by Gasteiger charge is -2.26. The second-order valence-electron chi connectivity index (χ2n) is 3.72. The van der Waals surface area contributed by atoms with Crippen molar-refractivity contribution in [3.05, 3.63) is 29.0 Å². The highest BCUT2D eigenvalue weighted by Gasteiger charge is 2.23. The third-order valence-electron chi connectivity index (χ3n) is 2.56. The Labute approximate surface area is 104 Å². The van der Waals surface area contributed by atoms with Crippen LogP contribution in [0.25, 0.3) is 0 Å². The second kappa shape index (κ2) is 5.87. The van der Waals surface area contributed by atoms with E-state index >= 15 is 0 Å².